The van der Waals surface area contributed by atoms with Gasteiger partial charge in [0.2, 0.25) is 0 Å². The average Bonchev–Trinajstić information content (AvgIpc) is 1.41. The van der Waals surface area contributed by atoms with Crippen molar-refractivity contribution in [2.75, 3.05) is 0 Å². The second-order valence-corrected chi connectivity index (χ2v) is 0.326. The highest BCUT2D eigenvalue weighted by atomic mass is 16.4. The molecular formula is CHN2O2-. The van der Waals surface area contributed by atoms with Crippen LogP contribution in [0.1, 0.15) is 0 Å². The molecule has 0 atom stereocenters. The molecule has 0 unspecified atom stereocenters. The molecule has 0 aromatic rings. The van der Waals surface area contributed by atoms with E-state index in [1.54, 1.807) is 0 Å². The van der Waals surface area contributed by atoms with Gasteiger partial charge in [-0.3, -0.25) is 0 Å². The molecule has 0 aliphatic heterocycles. The molecule has 5 heavy (non-hydrogen) atoms. The highest BCUT2D eigenvalue weighted by Gasteiger charge is 1.43. The summed E-state index contributed by atoms with van der Waals surface area (Å²) in [6.07, 6.45) is 0.389. The summed E-state index contributed by atoms with van der Waals surface area (Å²) >= 11 is 0. The van der Waals surface area contributed by atoms with Gasteiger partial charge in [-0.1, -0.05) is 0 Å². The van der Waals surface area contributed by atoms with Crippen LogP contribution in [0.15, 0.2) is 10.3 Å². The number of hydrogen-bond acceptors (Lipinski definition) is 3. The van der Waals surface area contributed by atoms with Gasteiger partial charge in [0, 0.05) is 0 Å². The van der Waals surface area contributed by atoms with Crippen molar-refractivity contribution in [3.05, 3.63) is 10.1 Å². The lowest BCUT2D eigenvalue weighted by molar-refractivity contribution is 1.58. The maximum Gasteiger partial charge on any atom is 0.150 e. The van der Waals surface area contributed by atoms with Crippen molar-refractivity contribution in [1.29, 1.82) is 0 Å². The first kappa shape index (κ1) is 4.07. The summed E-state index contributed by atoms with van der Waals surface area (Å²) in [5.74, 6) is 0. The summed E-state index contributed by atoms with van der Waals surface area (Å²) in [5, 5.41) is 12.8. The van der Waals surface area contributed by atoms with Gasteiger partial charge >= 0.3 is 0 Å². The number of rotatable bonds is 1. The number of hydrogen-bond donors (Lipinski definition) is 0. The third kappa shape index (κ3) is 3.07. The van der Waals surface area contributed by atoms with Crippen molar-refractivity contribution in [2.24, 2.45) is 10.3 Å². The zero-order valence-electron chi connectivity index (χ0n) is 2.29. The zero-order chi connectivity index (χ0) is 4.12. The molecule has 0 aliphatic rings. The predicted molar refractivity (Wildman–Crippen MR) is 17.7 cm³/mol. The molecule has 0 saturated carbocycles. The Labute approximate surface area is 28.1 Å². The Hall–Kier alpha value is -0.930. The maximum absolute atomic E-state index is 8.81. The van der Waals surface area contributed by atoms with Crippen molar-refractivity contribution < 1.29 is 0 Å². The Bertz CT molecular complexity index is 49.6. The lowest BCUT2D eigenvalue weighted by Gasteiger charge is -1.76. The van der Waals surface area contributed by atoms with Crippen molar-refractivity contribution in [2.45, 2.75) is 0 Å². The molecule has 0 aromatic heterocycles. The lowest BCUT2D eigenvalue weighted by Crippen LogP contribution is -1.50. The molecule has 28 valence electrons. The Morgan fingerprint density at radius 3 is 2.40 bits per heavy atom. The molecule has 0 bridgehead atoms. The monoisotopic (exact) mass is 73.0 g/mol. The standard InChI is InChI=1S/CH2N2O2/c4-2-1-3-5/h1,4H/p-1/b2-1-. The van der Waals surface area contributed by atoms with E-state index in [2.05, 4.69) is 0 Å². The third-order valence-corrected chi connectivity index (χ3v) is 0.0943. The third-order valence-electron chi connectivity index (χ3n) is 0.0943. The van der Waals surface area contributed by atoms with Crippen molar-refractivity contribution in [3.63, 3.8) is 0 Å². The molecule has 0 rings (SSSR count). The van der Waals surface area contributed by atoms with Crippen LogP contribution in [0.25, 0.3) is 0 Å². The van der Waals surface area contributed by atoms with Crippen LogP contribution in [0, 0.1) is 10.1 Å². The van der Waals surface area contributed by atoms with Crippen LogP contribution < -0.4 is 0 Å². The fourth-order valence-electron chi connectivity index (χ4n) is 0.0192. The molecule has 0 N–H and O–H groups in total. The van der Waals surface area contributed by atoms with Gasteiger partial charge in [0.15, 0.2) is 0 Å². The Morgan fingerprint density at radius 1 is 1.80 bits per heavy atom. The highest BCUT2D eigenvalue weighted by molar-refractivity contribution is 5.54. The minimum Gasteiger partial charge on any atom is -0.791 e. The van der Waals surface area contributed by atoms with Gasteiger partial charge in [-0.25, -0.2) is 0 Å². The van der Waals surface area contributed by atoms with Gasteiger partial charge < -0.3 is 10.4 Å². The summed E-state index contributed by atoms with van der Waals surface area (Å²) in [4.78, 5) is 8.81. The van der Waals surface area contributed by atoms with Gasteiger partial charge in [-0.15, -0.1) is 4.91 Å². The number of nitrogens with zero attached hydrogens (tertiary/aromatic N) is 2. The van der Waals surface area contributed by atoms with Crippen LogP contribution in [-0.4, -0.2) is 6.34 Å². The Kier molecular flexibility index (Phi) is 2.50. The SMILES string of the molecule is O=N/C=N\[O-]. The fraction of sp³-hybridized carbons (Fsp3) is 0. The van der Waals surface area contributed by atoms with Crippen molar-refractivity contribution >= 4 is 6.34 Å². The van der Waals surface area contributed by atoms with Crippen molar-refractivity contribution in [3.8, 4) is 0 Å². The van der Waals surface area contributed by atoms with E-state index in [4.69, 9.17) is 10.1 Å². The van der Waals surface area contributed by atoms with Crippen LogP contribution in [-0.2, 0) is 0 Å². The van der Waals surface area contributed by atoms with Crippen molar-refractivity contribution in [1.82, 2.24) is 0 Å². The molecule has 0 aliphatic carbocycles. The summed E-state index contributed by atoms with van der Waals surface area (Å²) in [5.41, 5.74) is 0. The van der Waals surface area contributed by atoms with E-state index in [9.17, 15) is 0 Å². The van der Waals surface area contributed by atoms with Gasteiger partial charge in [0.1, 0.15) is 6.34 Å². The van der Waals surface area contributed by atoms with E-state index < -0.39 is 0 Å². The second kappa shape index (κ2) is 3.07. The number of nitroso groups, excluding NO2 is 1. The van der Waals surface area contributed by atoms with E-state index in [0.29, 0.717) is 6.34 Å². The van der Waals surface area contributed by atoms with E-state index in [1.165, 1.54) is 0 Å². The van der Waals surface area contributed by atoms with Gasteiger partial charge in [0.05, 0.1) is 0 Å². The van der Waals surface area contributed by atoms with Crippen LogP contribution in [0.5, 0.6) is 0 Å². The summed E-state index contributed by atoms with van der Waals surface area (Å²) in [6, 6.07) is 0. The van der Waals surface area contributed by atoms with Crippen LogP contribution >= 0.6 is 0 Å². The molecule has 0 saturated heterocycles. The second-order valence-electron chi connectivity index (χ2n) is 0.326. The Balaban J connectivity index is 2.92. The molecule has 4 heteroatoms. The largest absolute Gasteiger partial charge is 0.791 e. The molecule has 4 nitrogen and oxygen atoms in total. The minimum atomic E-state index is 0.389. The summed E-state index contributed by atoms with van der Waals surface area (Å²) in [6.45, 7) is 0. The quantitative estimate of drug-likeness (QED) is 0.193. The van der Waals surface area contributed by atoms with E-state index in [1.807, 2.05) is 10.3 Å². The van der Waals surface area contributed by atoms with Gasteiger partial charge in [0.25, 0.3) is 0 Å². The first-order valence-corrected chi connectivity index (χ1v) is 0.882. The van der Waals surface area contributed by atoms with Gasteiger partial charge in [-0.2, -0.15) is 0 Å². The normalized spacial score (nSPS) is 8.80. The van der Waals surface area contributed by atoms with Crippen LogP contribution in [0.3, 0.4) is 0 Å². The summed E-state index contributed by atoms with van der Waals surface area (Å²) < 4.78 is 0. The van der Waals surface area contributed by atoms with E-state index in [0.717, 1.165) is 0 Å². The highest BCUT2D eigenvalue weighted by Crippen LogP contribution is 1.51. The van der Waals surface area contributed by atoms with Crippen LogP contribution in [0.2, 0.25) is 0 Å². The topological polar surface area (TPSA) is 64.8 Å². The first-order valence-electron chi connectivity index (χ1n) is 0.882. The lowest BCUT2D eigenvalue weighted by atomic mass is 11.4. The summed E-state index contributed by atoms with van der Waals surface area (Å²) in [7, 11) is 0. The van der Waals surface area contributed by atoms with E-state index in [-0.39, 0.29) is 0 Å². The molecule has 0 heterocycles. The Morgan fingerprint density at radius 2 is 2.40 bits per heavy atom. The first-order chi connectivity index (χ1) is 2.41. The van der Waals surface area contributed by atoms with Gasteiger partial charge in [-0.05, 0) is 5.18 Å². The molecule has 0 fully saturated rings. The smallest absolute Gasteiger partial charge is 0.150 e. The fourth-order valence-corrected chi connectivity index (χ4v) is 0.0192. The molecule has 0 aromatic carbocycles. The minimum absolute atomic E-state index is 0.389. The molecular weight excluding hydrogens is 72.0 g/mol. The molecule has 0 amide bonds. The zero-order valence-corrected chi connectivity index (χ0v) is 2.29. The average molecular weight is 73.0 g/mol. The predicted octanol–water partition coefficient (Wildman–Crippen LogP) is 0.279. The maximum atomic E-state index is 8.81. The molecule has 0 radical (unpaired) electrons. The van der Waals surface area contributed by atoms with E-state index >= 15 is 0 Å². The molecule has 0 spiro atoms. The van der Waals surface area contributed by atoms with Crippen LogP contribution in [0.4, 0.5) is 0 Å².